The molecule has 0 N–H and O–H groups in total. The Bertz CT molecular complexity index is 129. The van der Waals surface area contributed by atoms with E-state index in [4.69, 9.17) is 9.47 Å². The summed E-state index contributed by atoms with van der Waals surface area (Å²) in [5, 5.41) is 0. The van der Waals surface area contributed by atoms with Gasteiger partial charge in [-0.25, -0.2) is 0 Å². The Hall–Kier alpha value is -0.0800. The molecule has 2 rings (SSSR count). The van der Waals surface area contributed by atoms with E-state index < -0.39 is 0 Å². The van der Waals surface area contributed by atoms with Crippen LogP contribution in [0.15, 0.2) is 0 Å². The molecule has 2 nitrogen and oxygen atoms in total. The van der Waals surface area contributed by atoms with Crippen LogP contribution >= 0.6 is 0 Å². The Balaban J connectivity index is 1.90. The highest BCUT2D eigenvalue weighted by Crippen LogP contribution is 2.44. The van der Waals surface area contributed by atoms with Crippen LogP contribution in [0.5, 0.6) is 0 Å². The second kappa shape index (κ2) is 1.50. The van der Waals surface area contributed by atoms with Crippen LogP contribution in [0.1, 0.15) is 20.3 Å². The molecular formula is C7H12O2. The predicted molar refractivity (Wildman–Crippen MR) is 33.3 cm³/mol. The van der Waals surface area contributed by atoms with E-state index in [1.54, 1.807) is 0 Å². The summed E-state index contributed by atoms with van der Waals surface area (Å²) >= 11 is 0. The molecule has 9 heavy (non-hydrogen) atoms. The second-order valence-electron chi connectivity index (χ2n) is 3.10. The molecule has 0 saturated carbocycles. The quantitative estimate of drug-likeness (QED) is 0.517. The van der Waals surface area contributed by atoms with Gasteiger partial charge in [0.15, 0.2) is 0 Å². The molecule has 2 aliphatic heterocycles. The number of hydrogen-bond acceptors (Lipinski definition) is 2. The van der Waals surface area contributed by atoms with Gasteiger partial charge in [-0.2, -0.15) is 0 Å². The Morgan fingerprint density at radius 2 is 2.33 bits per heavy atom. The zero-order valence-corrected chi connectivity index (χ0v) is 5.89. The zero-order chi connectivity index (χ0) is 6.48. The molecule has 2 aliphatic rings. The van der Waals surface area contributed by atoms with Crippen molar-refractivity contribution in [1.29, 1.82) is 0 Å². The zero-order valence-electron chi connectivity index (χ0n) is 5.89. The lowest BCUT2D eigenvalue weighted by atomic mass is 10.1. The molecule has 2 heterocycles. The van der Waals surface area contributed by atoms with Gasteiger partial charge in [-0.3, -0.25) is 0 Å². The summed E-state index contributed by atoms with van der Waals surface area (Å²) in [6.07, 6.45) is 2.05. The monoisotopic (exact) mass is 128 g/mol. The first-order valence-electron chi connectivity index (χ1n) is 3.56. The Morgan fingerprint density at radius 1 is 1.67 bits per heavy atom. The minimum Gasteiger partial charge on any atom is -0.367 e. The van der Waals surface area contributed by atoms with Gasteiger partial charge < -0.3 is 9.47 Å². The fraction of sp³-hybridized carbons (Fsp3) is 1.00. The minimum atomic E-state index is 0.112. The lowest BCUT2D eigenvalue weighted by molar-refractivity contribution is 0.250. The first-order valence-corrected chi connectivity index (χ1v) is 3.56. The van der Waals surface area contributed by atoms with Crippen molar-refractivity contribution in [3.8, 4) is 0 Å². The highest BCUT2D eigenvalue weighted by atomic mass is 16.7. The molecule has 0 bridgehead atoms. The summed E-state index contributed by atoms with van der Waals surface area (Å²) in [7, 11) is 0. The molecule has 2 heteroatoms. The van der Waals surface area contributed by atoms with Gasteiger partial charge in [-0.15, -0.1) is 0 Å². The van der Waals surface area contributed by atoms with Crippen molar-refractivity contribution in [3.63, 3.8) is 0 Å². The number of epoxide rings is 2. The maximum Gasteiger partial charge on any atom is 0.117 e. The van der Waals surface area contributed by atoms with Gasteiger partial charge in [-0.1, -0.05) is 6.92 Å². The van der Waals surface area contributed by atoms with Crippen LogP contribution in [0, 0.1) is 0 Å². The highest BCUT2D eigenvalue weighted by Gasteiger charge is 2.59. The number of ether oxygens (including phenoxy) is 2. The van der Waals surface area contributed by atoms with Crippen LogP contribution in [0.4, 0.5) is 0 Å². The lowest BCUT2D eigenvalue weighted by Gasteiger charge is -1.95. The van der Waals surface area contributed by atoms with E-state index in [1.165, 1.54) is 0 Å². The summed E-state index contributed by atoms with van der Waals surface area (Å²) in [4.78, 5) is 0. The van der Waals surface area contributed by atoms with Gasteiger partial charge in [0.2, 0.25) is 0 Å². The van der Waals surface area contributed by atoms with Gasteiger partial charge in [-0.05, 0) is 13.3 Å². The van der Waals surface area contributed by atoms with Crippen LogP contribution in [0.2, 0.25) is 0 Å². The first kappa shape index (κ1) is 5.69. The summed E-state index contributed by atoms with van der Waals surface area (Å²) in [5.74, 6) is 0. The van der Waals surface area contributed by atoms with Crippen LogP contribution in [-0.2, 0) is 9.47 Å². The molecule has 0 spiro atoms. The van der Waals surface area contributed by atoms with Crippen LogP contribution in [0.3, 0.4) is 0 Å². The fourth-order valence-corrected chi connectivity index (χ4v) is 1.27. The Labute approximate surface area is 55.1 Å². The third kappa shape index (κ3) is 0.775. The van der Waals surface area contributed by atoms with E-state index in [0.717, 1.165) is 13.0 Å². The average molecular weight is 128 g/mol. The number of hydrogen-bond donors (Lipinski definition) is 0. The molecular weight excluding hydrogens is 116 g/mol. The van der Waals surface area contributed by atoms with Crippen molar-refractivity contribution in [1.82, 2.24) is 0 Å². The van der Waals surface area contributed by atoms with Gasteiger partial charge >= 0.3 is 0 Å². The van der Waals surface area contributed by atoms with Crippen molar-refractivity contribution in [2.24, 2.45) is 0 Å². The topological polar surface area (TPSA) is 25.1 Å². The molecule has 0 aliphatic carbocycles. The van der Waals surface area contributed by atoms with Gasteiger partial charge in [0, 0.05) is 0 Å². The van der Waals surface area contributed by atoms with Crippen LogP contribution in [-0.4, -0.2) is 24.4 Å². The largest absolute Gasteiger partial charge is 0.367 e. The summed E-state index contributed by atoms with van der Waals surface area (Å²) in [6.45, 7) is 5.16. The molecule has 2 fully saturated rings. The van der Waals surface area contributed by atoms with Crippen LogP contribution < -0.4 is 0 Å². The van der Waals surface area contributed by atoms with E-state index in [0.29, 0.717) is 12.2 Å². The first-order chi connectivity index (χ1) is 4.26. The standard InChI is InChI=1S/C7H12O2/c1-3-5-6(9-5)7(2)4-8-7/h5-6H,3-4H2,1-2H3. The van der Waals surface area contributed by atoms with Crippen molar-refractivity contribution >= 4 is 0 Å². The number of rotatable bonds is 2. The van der Waals surface area contributed by atoms with Crippen molar-refractivity contribution in [3.05, 3.63) is 0 Å². The molecule has 0 aromatic heterocycles. The fourth-order valence-electron chi connectivity index (χ4n) is 1.27. The normalized spacial score (nSPS) is 55.3. The van der Waals surface area contributed by atoms with Gasteiger partial charge in [0.05, 0.1) is 12.7 Å². The van der Waals surface area contributed by atoms with E-state index in [2.05, 4.69) is 13.8 Å². The molecule has 0 radical (unpaired) electrons. The van der Waals surface area contributed by atoms with E-state index in [9.17, 15) is 0 Å². The molecule has 2 saturated heterocycles. The maximum atomic E-state index is 5.37. The van der Waals surface area contributed by atoms with Crippen molar-refractivity contribution < 1.29 is 9.47 Å². The molecule has 52 valence electrons. The maximum absolute atomic E-state index is 5.37. The highest BCUT2D eigenvalue weighted by molar-refractivity contribution is 5.06. The molecule has 0 aromatic rings. The Kier molecular flexibility index (Phi) is 0.945. The summed E-state index contributed by atoms with van der Waals surface area (Å²) in [5.41, 5.74) is 0.112. The van der Waals surface area contributed by atoms with Gasteiger partial charge in [0.25, 0.3) is 0 Å². The Morgan fingerprint density at radius 3 is 2.67 bits per heavy atom. The average Bonchev–Trinajstić information content (AvgIpc) is 2.60. The van der Waals surface area contributed by atoms with Crippen LogP contribution in [0.25, 0.3) is 0 Å². The molecule has 3 atom stereocenters. The van der Waals surface area contributed by atoms with E-state index >= 15 is 0 Å². The summed E-state index contributed by atoms with van der Waals surface area (Å²) in [6, 6.07) is 0. The second-order valence-corrected chi connectivity index (χ2v) is 3.10. The molecule has 0 aromatic carbocycles. The summed E-state index contributed by atoms with van der Waals surface area (Å²) < 4.78 is 10.6. The predicted octanol–water partition coefficient (Wildman–Crippen LogP) is 0.953. The smallest absolute Gasteiger partial charge is 0.117 e. The van der Waals surface area contributed by atoms with Crippen molar-refractivity contribution in [2.45, 2.75) is 38.1 Å². The third-order valence-corrected chi connectivity index (χ3v) is 2.19. The molecule has 0 amide bonds. The van der Waals surface area contributed by atoms with E-state index in [1.807, 2.05) is 0 Å². The lowest BCUT2D eigenvalue weighted by Crippen LogP contribution is -2.15. The third-order valence-electron chi connectivity index (χ3n) is 2.19. The SMILES string of the molecule is CCC1OC1C1(C)CO1. The molecule has 3 unspecified atom stereocenters. The van der Waals surface area contributed by atoms with Gasteiger partial charge in [0.1, 0.15) is 11.7 Å². The van der Waals surface area contributed by atoms with E-state index in [-0.39, 0.29) is 5.60 Å². The van der Waals surface area contributed by atoms with Crippen molar-refractivity contribution in [2.75, 3.05) is 6.61 Å². The minimum absolute atomic E-state index is 0.112.